The molecule has 1 heterocycles. The molecule has 0 amide bonds. The Labute approximate surface area is 89.6 Å². The molecule has 2 nitrogen and oxygen atoms in total. The quantitative estimate of drug-likeness (QED) is 0.675. The molecule has 1 rings (SSSR count). The molecule has 15 heavy (non-hydrogen) atoms. The average molecular weight is 228 g/mol. The van der Waals surface area contributed by atoms with E-state index in [-0.39, 0.29) is 0 Å². The van der Waals surface area contributed by atoms with Crippen molar-refractivity contribution in [1.29, 1.82) is 0 Å². The third-order valence-electron chi connectivity index (χ3n) is 2.37. The molecule has 1 saturated heterocycles. The highest BCUT2D eigenvalue weighted by Gasteiger charge is 2.26. The molecule has 0 spiro atoms. The van der Waals surface area contributed by atoms with E-state index in [1.54, 1.807) is 0 Å². The van der Waals surface area contributed by atoms with Crippen molar-refractivity contribution in [3.05, 3.63) is 0 Å². The minimum Gasteiger partial charge on any atom is -0.329 e. The number of alkyl halides is 3. The fourth-order valence-electron chi connectivity index (χ4n) is 1.56. The normalized spacial score (nSPS) is 19.2. The van der Waals surface area contributed by atoms with Crippen LogP contribution in [-0.2, 0) is 4.74 Å². The number of nitrogens with zero attached hydrogens (tertiary/aromatic N) is 1. The molecule has 5 heteroatoms. The Morgan fingerprint density at radius 2 is 1.53 bits per heavy atom. The molecule has 0 atom stereocenters. The molecule has 0 unspecified atom stereocenters. The fraction of sp³-hybridized carbons (Fsp3) is 1.00. The largest absolute Gasteiger partial charge is 0.379 e. The molecular weight excluding hydrogens is 207 g/mol. The SMILES string of the molecule is CC(C)OC[N+]1(C)CCCC1.FC(F)F. The maximum atomic E-state index is 9.67. The van der Waals surface area contributed by atoms with Gasteiger partial charge in [-0.05, 0) is 13.8 Å². The number of hydrogen-bond donors (Lipinski definition) is 0. The lowest BCUT2D eigenvalue weighted by Crippen LogP contribution is -2.43. The van der Waals surface area contributed by atoms with Crippen molar-refractivity contribution < 1.29 is 22.4 Å². The zero-order valence-electron chi connectivity index (χ0n) is 9.68. The van der Waals surface area contributed by atoms with Crippen LogP contribution in [0.15, 0.2) is 0 Å². The van der Waals surface area contributed by atoms with Crippen molar-refractivity contribution in [2.24, 2.45) is 0 Å². The summed E-state index contributed by atoms with van der Waals surface area (Å²) < 4.78 is 35.7. The maximum absolute atomic E-state index is 9.67. The lowest BCUT2D eigenvalue weighted by atomic mass is 10.4. The summed E-state index contributed by atoms with van der Waals surface area (Å²) in [5, 5.41) is 0. The van der Waals surface area contributed by atoms with Crippen LogP contribution in [0.5, 0.6) is 0 Å². The third kappa shape index (κ3) is 8.69. The Kier molecular flexibility index (Phi) is 6.92. The minimum atomic E-state index is -3.67. The van der Waals surface area contributed by atoms with Gasteiger partial charge in [0.2, 0.25) is 0 Å². The number of hydrogen-bond acceptors (Lipinski definition) is 1. The molecule has 1 aliphatic rings. The van der Waals surface area contributed by atoms with Crippen LogP contribution < -0.4 is 0 Å². The van der Waals surface area contributed by atoms with Crippen LogP contribution in [0.2, 0.25) is 0 Å². The molecule has 1 aliphatic heterocycles. The first kappa shape index (κ1) is 14.7. The highest BCUT2D eigenvalue weighted by atomic mass is 19.4. The minimum absolute atomic E-state index is 0.380. The van der Waals surface area contributed by atoms with Crippen molar-refractivity contribution in [2.45, 2.75) is 39.5 Å². The van der Waals surface area contributed by atoms with Gasteiger partial charge in [0.05, 0.1) is 26.2 Å². The summed E-state index contributed by atoms with van der Waals surface area (Å²) in [5.74, 6) is 0. The number of halogens is 3. The van der Waals surface area contributed by atoms with E-state index in [4.69, 9.17) is 4.74 Å². The molecule has 0 aromatic carbocycles. The van der Waals surface area contributed by atoms with Crippen LogP contribution in [-0.4, -0.2) is 44.1 Å². The van der Waals surface area contributed by atoms with Gasteiger partial charge < -0.3 is 9.22 Å². The van der Waals surface area contributed by atoms with E-state index in [0.29, 0.717) is 6.10 Å². The van der Waals surface area contributed by atoms with Crippen molar-refractivity contribution in [1.82, 2.24) is 0 Å². The van der Waals surface area contributed by atoms with Crippen molar-refractivity contribution >= 4 is 0 Å². The summed E-state index contributed by atoms with van der Waals surface area (Å²) in [4.78, 5) is 0. The average Bonchev–Trinajstić information content (AvgIpc) is 2.49. The molecule has 0 aliphatic carbocycles. The molecule has 0 radical (unpaired) electrons. The zero-order chi connectivity index (χ0) is 11.9. The highest BCUT2D eigenvalue weighted by molar-refractivity contribution is 4.49. The van der Waals surface area contributed by atoms with Crippen LogP contribution in [0, 0.1) is 0 Å². The van der Waals surface area contributed by atoms with Crippen LogP contribution in [0.3, 0.4) is 0 Å². The number of likely N-dealkylation sites (tertiary alicyclic amines) is 1. The maximum Gasteiger partial charge on any atom is 0.379 e. The summed E-state index contributed by atoms with van der Waals surface area (Å²) in [5.41, 5.74) is 0. The monoisotopic (exact) mass is 228 g/mol. The number of ether oxygens (including phenoxy) is 1. The molecular formula is C10H21F3NO+. The fourth-order valence-corrected chi connectivity index (χ4v) is 1.56. The van der Waals surface area contributed by atoms with Gasteiger partial charge in [0, 0.05) is 12.8 Å². The Bertz CT molecular complexity index is 156. The van der Waals surface area contributed by atoms with Gasteiger partial charge in [0.25, 0.3) is 0 Å². The van der Waals surface area contributed by atoms with Gasteiger partial charge in [-0.2, -0.15) is 13.2 Å². The Morgan fingerprint density at radius 1 is 1.13 bits per heavy atom. The third-order valence-corrected chi connectivity index (χ3v) is 2.37. The summed E-state index contributed by atoms with van der Waals surface area (Å²) in [7, 11) is 2.29. The molecule has 0 bridgehead atoms. The summed E-state index contributed by atoms with van der Waals surface area (Å²) in [6.45, 7) is 4.03. The number of rotatable bonds is 3. The van der Waals surface area contributed by atoms with Gasteiger partial charge in [-0.25, -0.2) is 0 Å². The first-order valence-corrected chi connectivity index (χ1v) is 5.23. The second-order valence-corrected chi connectivity index (χ2v) is 4.37. The molecule has 0 saturated carbocycles. The van der Waals surface area contributed by atoms with Gasteiger partial charge in [0.15, 0.2) is 6.73 Å². The first-order valence-electron chi connectivity index (χ1n) is 5.23. The van der Waals surface area contributed by atoms with E-state index in [0.717, 1.165) is 11.2 Å². The molecule has 1 fully saturated rings. The zero-order valence-corrected chi connectivity index (χ0v) is 9.68. The second-order valence-electron chi connectivity index (χ2n) is 4.37. The van der Waals surface area contributed by atoms with Crippen LogP contribution in [0.1, 0.15) is 26.7 Å². The topological polar surface area (TPSA) is 9.23 Å². The van der Waals surface area contributed by atoms with Crippen molar-refractivity contribution in [3.63, 3.8) is 0 Å². The van der Waals surface area contributed by atoms with Crippen LogP contribution in [0.25, 0.3) is 0 Å². The molecule has 0 aromatic rings. The highest BCUT2D eigenvalue weighted by Crippen LogP contribution is 2.16. The smallest absolute Gasteiger partial charge is 0.329 e. The van der Waals surface area contributed by atoms with Gasteiger partial charge >= 0.3 is 6.68 Å². The Balaban J connectivity index is 0.000000423. The molecule has 0 aromatic heterocycles. The van der Waals surface area contributed by atoms with Crippen LogP contribution in [0.4, 0.5) is 13.2 Å². The Hall–Kier alpha value is -0.290. The molecule has 92 valence electrons. The van der Waals surface area contributed by atoms with E-state index in [9.17, 15) is 13.2 Å². The summed E-state index contributed by atoms with van der Waals surface area (Å²) in [6, 6.07) is 0. The molecule has 0 N–H and O–H groups in total. The first-order chi connectivity index (χ1) is 6.86. The van der Waals surface area contributed by atoms with E-state index in [1.807, 2.05) is 0 Å². The van der Waals surface area contributed by atoms with E-state index in [1.165, 1.54) is 25.9 Å². The van der Waals surface area contributed by atoms with Crippen LogP contribution >= 0.6 is 0 Å². The Morgan fingerprint density at radius 3 is 1.87 bits per heavy atom. The van der Waals surface area contributed by atoms with Gasteiger partial charge in [-0.3, -0.25) is 0 Å². The standard InChI is InChI=1S/C9H20NO.CHF3/c1-9(2)11-8-10(3)6-4-5-7-10;2-1(3)4/h9H,4-8H2,1-3H3;1H/q+1;. The lowest BCUT2D eigenvalue weighted by Gasteiger charge is -2.29. The van der Waals surface area contributed by atoms with E-state index in [2.05, 4.69) is 20.9 Å². The van der Waals surface area contributed by atoms with Gasteiger partial charge in [0.1, 0.15) is 0 Å². The van der Waals surface area contributed by atoms with Gasteiger partial charge in [-0.1, -0.05) is 0 Å². The van der Waals surface area contributed by atoms with Gasteiger partial charge in [-0.15, -0.1) is 0 Å². The van der Waals surface area contributed by atoms with Crippen molar-refractivity contribution in [2.75, 3.05) is 26.9 Å². The van der Waals surface area contributed by atoms with Crippen molar-refractivity contribution in [3.8, 4) is 0 Å². The predicted molar refractivity (Wildman–Crippen MR) is 53.4 cm³/mol. The lowest BCUT2D eigenvalue weighted by molar-refractivity contribution is -0.917. The number of quaternary nitrogens is 1. The summed E-state index contributed by atoms with van der Waals surface area (Å²) >= 11 is 0. The second kappa shape index (κ2) is 7.06. The predicted octanol–water partition coefficient (Wildman–Crippen LogP) is 2.79. The van der Waals surface area contributed by atoms with E-state index < -0.39 is 6.68 Å². The summed E-state index contributed by atoms with van der Waals surface area (Å²) in [6.07, 6.45) is 3.13. The van der Waals surface area contributed by atoms with E-state index >= 15 is 0 Å².